The molecule has 3 unspecified atom stereocenters. The van der Waals surface area contributed by atoms with Crippen LogP contribution in [0.1, 0.15) is 41.6 Å². The Labute approximate surface area is 204 Å². The molecule has 4 rings (SSSR count). The number of rotatable bonds is 8. The average molecular weight is 514 g/mol. The van der Waals surface area contributed by atoms with Crippen molar-refractivity contribution in [1.29, 1.82) is 0 Å². The summed E-state index contributed by atoms with van der Waals surface area (Å²) in [6, 6.07) is 4.64. The lowest BCUT2D eigenvalue weighted by atomic mass is 10.0. The van der Waals surface area contributed by atoms with Gasteiger partial charge in [-0.25, -0.2) is 9.97 Å². The Morgan fingerprint density at radius 1 is 1.32 bits per heavy atom. The number of hydrogen-bond donors (Lipinski definition) is 2. The average Bonchev–Trinajstić information content (AvgIpc) is 3.41. The van der Waals surface area contributed by atoms with Crippen LogP contribution < -0.4 is 5.32 Å². The number of benzene rings is 1. The van der Waals surface area contributed by atoms with Gasteiger partial charge in [-0.15, -0.1) is 0 Å². The summed E-state index contributed by atoms with van der Waals surface area (Å²) in [5.41, 5.74) is 0.455. The van der Waals surface area contributed by atoms with E-state index in [9.17, 15) is 18.0 Å². The van der Waals surface area contributed by atoms with Crippen LogP contribution in [-0.2, 0) is 6.54 Å². The van der Waals surface area contributed by atoms with Crippen LogP contribution in [0.5, 0.6) is 0 Å². The molecule has 1 aromatic heterocycles. The Morgan fingerprint density at radius 2 is 2.15 bits per heavy atom. The molecule has 1 aliphatic carbocycles. The fourth-order valence-electron chi connectivity index (χ4n) is 4.37. The van der Waals surface area contributed by atoms with E-state index in [-0.39, 0.29) is 29.7 Å². The van der Waals surface area contributed by atoms with Gasteiger partial charge in [0.2, 0.25) is 5.78 Å². The molecule has 2 heterocycles. The highest BCUT2D eigenvalue weighted by molar-refractivity contribution is 7.93. The van der Waals surface area contributed by atoms with Crippen LogP contribution in [-0.4, -0.2) is 55.0 Å². The summed E-state index contributed by atoms with van der Waals surface area (Å²) >= 11 is 6.77. The molecule has 182 valence electrons. The Hall–Kier alpha value is -2.37. The summed E-state index contributed by atoms with van der Waals surface area (Å²) in [6.07, 6.45) is 0.0352. The van der Waals surface area contributed by atoms with Crippen molar-refractivity contribution in [2.75, 3.05) is 11.1 Å². The van der Waals surface area contributed by atoms with Crippen molar-refractivity contribution in [2.45, 2.75) is 50.5 Å². The van der Waals surface area contributed by atoms with Crippen LogP contribution in [0.2, 0.25) is 5.02 Å². The molecular formula is C22H23ClF3N5O2S. The molecule has 2 N–H and O–H groups in total. The third kappa shape index (κ3) is 5.81. The molecule has 1 saturated carbocycles. The van der Waals surface area contributed by atoms with Crippen molar-refractivity contribution in [2.24, 2.45) is 11.0 Å². The smallest absolute Gasteiger partial charge is 0.367 e. The van der Waals surface area contributed by atoms with E-state index in [2.05, 4.69) is 20.4 Å². The highest BCUT2D eigenvalue weighted by Crippen LogP contribution is 2.35. The van der Waals surface area contributed by atoms with Crippen LogP contribution in [0, 0.1) is 5.92 Å². The maximum atomic E-state index is 13.8. The van der Waals surface area contributed by atoms with Crippen molar-refractivity contribution < 1.29 is 22.5 Å². The van der Waals surface area contributed by atoms with Crippen molar-refractivity contribution >= 4 is 41.0 Å². The van der Waals surface area contributed by atoms with Crippen LogP contribution in [0.4, 0.5) is 19.0 Å². The highest BCUT2D eigenvalue weighted by atomic mass is 35.5. The van der Waals surface area contributed by atoms with Crippen LogP contribution in [0.3, 0.4) is 0 Å². The number of alkyl halides is 3. The maximum Gasteiger partial charge on any atom is 0.410 e. The molecule has 2 aliphatic rings. The van der Waals surface area contributed by atoms with E-state index < -0.39 is 24.4 Å². The lowest BCUT2D eigenvalue weighted by Gasteiger charge is -2.25. The minimum absolute atomic E-state index is 0.0476. The van der Waals surface area contributed by atoms with Crippen LogP contribution >= 0.6 is 23.6 Å². The molecule has 2 aromatic rings. The van der Waals surface area contributed by atoms with Crippen LogP contribution in [0.25, 0.3) is 0 Å². The first-order valence-corrected chi connectivity index (χ1v) is 12.1. The first-order valence-electron chi connectivity index (χ1n) is 10.8. The Balaban J connectivity index is 1.54. The van der Waals surface area contributed by atoms with E-state index in [1.165, 1.54) is 12.5 Å². The van der Waals surface area contributed by atoms with E-state index in [0.29, 0.717) is 22.3 Å². The number of carbonyl (C=O) groups excluding carboxylic acids is 1. The van der Waals surface area contributed by atoms with Gasteiger partial charge >= 0.3 is 6.18 Å². The van der Waals surface area contributed by atoms with E-state index in [4.69, 9.17) is 16.2 Å². The predicted molar refractivity (Wildman–Crippen MR) is 125 cm³/mol. The number of hydrogen-bond acceptors (Lipinski definition) is 8. The second-order valence-corrected chi connectivity index (χ2v) is 9.49. The van der Waals surface area contributed by atoms with E-state index in [1.54, 1.807) is 24.3 Å². The number of nitrogens with one attached hydrogen (secondary N) is 1. The maximum absolute atomic E-state index is 13.8. The van der Waals surface area contributed by atoms with Gasteiger partial charge in [0.1, 0.15) is 23.9 Å². The standard InChI is InChI=1S/C22H23ClF3N5O2S/c23-15-3-1-2-13(6-15)10-31-19(22(24,25)26)8-18(30-31)20(32)17-9-27-12-28-21(17)29-16-5-4-14(7-16)11-34-33/h1-3,6,9,12,14,16,19,33H,4-5,7-8,10-11H2,(H,27,28,29). The zero-order valence-corrected chi connectivity index (χ0v) is 19.6. The molecule has 34 heavy (non-hydrogen) atoms. The fraction of sp³-hybridized carbons (Fsp3) is 0.455. The van der Waals surface area contributed by atoms with Gasteiger partial charge in [-0.3, -0.25) is 9.80 Å². The molecule has 3 atom stereocenters. The first kappa shape index (κ1) is 24.7. The number of hydrazone groups is 1. The lowest BCUT2D eigenvalue weighted by Crippen LogP contribution is -2.39. The third-order valence-electron chi connectivity index (χ3n) is 6.02. The van der Waals surface area contributed by atoms with E-state index in [1.807, 2.05) is 0 Å². The zero-order valence-electron chi connectivity index (χ0n) is 18.0. The molecule has 7 nitrogen and oxygen atoms in total. The summed E-state index contributed by atoms with van der Waals surface area (Å²) in [5.74, 6) is 0.625. The molecular weight excluding hydrogens is 491 g/mol. The number of anilines is 1. The minimum atomic E-state index is -4.57. The topological polar surface area (TPSA) is 90.7 Å². The number of halogens is 4. The number of carbonyl (C=O) groups is 1. The Kier molecular flexibility index (Phi) is 7.63. The first-order chi connectivity index (χ1) is 16.2. The second kappa shape index (κ2) is 10.5. The SMILES string of the molecule is O=C(C1=NN(Cc2cccc(Cl)c2)C(C(F)(F)F)C1)c1cncnc1NC1CCC(CSO)C1. The lowest BCUT2D eigenvalue weighted by molar-refractivity contribution is -0.179. The summed E-state index contributed by atoms with van der Waals surface area (Å²) in [7, 11) is 0. The Morgan fingerprint density at radius 3 is 2.88 bits per heavy atom. The van der Waals surface area contributed by atoms with E-state index in [0.717, 1.165) is 36.3 Å². The normalized spacial score (nSPS) is 22.7. The quantitative estimate of drug-likeness (QED) is 0.366. The molecule has 0 bridgehead atoms. The summed E-state index contributed by atoms with van der Waals surface area (Å²) in [5, 5.41) is 8.60. The molecule has 0 radical (unpaired) electrons. The van der Waals surface area contributed by atoms with Gasteiger partial charge in [0.15, 0.2) is 0 Å². The largest absolute Gasteiger partial charge is 0.410 e. The zero-order chi connectivity index (χ0) is 24.3. The van der Waals surface area contributed by atoms with Crippen molar-refractivity contribution in [3.8, 4) is 0 Å². The Bertz CT molecular complexity index is 1070. The van der Waals surface area contributed by atoms with E-state index >= 15 is 0 Å². The van der Waals surface area contributed by atoms with Crippen LogP contribution in [0.15, 0.2) is 41.9 Å². The molecule has 0 saturated heterocycles. The number of Topliss-reactive ketones (excluding diaryl/α,β-unsaturated/α-hetero) is 1. The molecule has 1 fully saturated rings. The second-order valence-electron chi connectivity index (χ2n) is 8.47. The molecule has 1 aliphatic heterocycles. The molecule has 0 spiro atoms. The fourth-order valence-corrected chi connectivity index (χ4v) is 5.09. The molecule has 12 heteroatoms. The third-order valence-corrected chi connectivity index (χ3v) is 6.87. The van der Waals surface area contributed by atoms with Gasteiger partial charge in [-0.05, 0) is 54.9 Å². The monoisotopic (exact) mass is 513 g/mol. The minimum Gasteiger partial charge on any atom is -0.367 e. The van der Waals surface area contributed by atoms with Gasteiger partial charge in [0.25, 0.3) is 0 Å². The van der Waals surface area contributed by atoms with Gasteiger partial charge in [-0.1, -0.05) is 23.7 Å². The van der Waals surface area contributed by atoms with Gasteiger partial charge < -0.3 is 9.87 Å². The summed E-state index contributed by atoms with van der Waals surface area (Å²) < 4.78 is 50.4. The van der Waals surface area contributed by atoms with Crippen molar-refractivity contribution in [1.82, 2.24) is 15.0 Å². The predicted octanol–water partition coefficient (Wildman–Crippen LogP) is 5.29. The van der Waals surface area contributed by atoms with Crippen molar-refractivity contribution in [3.63, 3.8) is 0 Å². The summed E-state index contributed by atoms with van der Waals surface area (Å²) in [4.78, 5) is 21.3. The molecule has 0 amide bonds. The number of ketones is 1. The molecule has 1 aromatic carbocycles. The number of aromatic nitrogens is 2. The highest BCUT2D eigenvalue weighted by Gasteiger charge is 2.48. The van der Waals surface area contributed by atoms with Gasteiger partial charge in [0, 0.05) is 29.4 Å². The van der Waals surface area contributed by atoms with Crippen molar-refractivity contribution in [3.05, 3.63) is 52.9 Å². The van der Waals surface area contributed by atoms with Gasteiger partial charge in [0.05, 0.1) is 12.1 Å². The number of nitrogens with zero attached hydrogens (tertiary/aromatic N) is 4. The summed E-state index contributed by atoms with van der Waals surface area (Å²) in [6.45, 7) is -0.135. The van der Waals surface area contributed by atoms with Gasteiger partial charge in [-0.2, -0.15) is 18.3 Å².